The van der Waals surface area contributed by atoms with E-state index < -0.39 is 18.0 Å². The summed E-state index contributed by atoms with van der Waals surface area (Å²) in [5.74, 6) is 0. The van der Waals surface area contributed by atoms with Crippen LogP contribution in [0.4, 0.5) is 13.2 Å². The normalized spacial score (nSPS) is 34.9. The smallest absolute Gasteiger partial charge is 0.853 e. The minimum absolute atomic E-state index is 0. The zero-order valence-electron chi connectivity index (χ0n) is 9.22. The van der Waals surface area contributed by atoms with Crippen LogP contribution in [0.3, 0.4) is 0 Å². The fourth-order valence-electron chi connectivity index (χ4n) is 2.73. The third-order valence-electron chi connectivity index (χ3n) is 3.34. The zero-order valence-corrected chi connectivity index (χ0v) is 12.3. The second kappa shape index (κ2) is 5.52. The second-order valence-electron chi connectivity index (χ2n) is 4.31. The van der Waals surface area contributed by atoms with Gasteiger partial charge in [0.05, 0.1) is 6.10 Å². The van der Waals surface area contributed by atoms with Crippen LogP contribution in [0.25, 0.3) is 0 Å². The molecule has 2 heterocycles. The van der Waals surface area contributed by atoms with Gasteiger partial charge in [-0.1, -0.05) is 0 Å². The third kappa shape index (κ3) is 3.20. The van der Waals surface area contributed by atoms with Crippen molar-refractivity contribution in [2.75, 3.05) is 19.7 Å². The van der Waals surface area contributed by atoms with Crippen LogP contribution in [0.15, 0.2) is 0 Å². The van der Waals surface area contributed by atoms with Crippen LogP contribution in [0.2, 0.25) is 0 Å². The van der Waals surface area contributed by atoms with Gasteiger partial charge in [-0.3, -0.25) is 9.64 Å². The molecule has 88 valence electrons. The van der Waals surface area contributed by atoms with Crippen LogP contribution < -0.4 is 56.5 Å². The molecule has 0 aromatic carbocycles. The van der Waals surface area contributed by atoms with Crippen molar-refractivity contribution >= 4 is 0 Å². The Morgan fingerprint density at radius 3 is 2.62 bits per heavy atom. The van der Waals surface area contributed by atoms with E-state index in [9.17, 15) is 18.3 Å². The molecule has 7 heteroatoms. The summed E-state index contributed by atoms with van der Waals surface area (Å²) in [4.78, 5) is 1.86. The molecule has 0 N–H and O–H groups in total. The molecule has 0 bridgehead atoms. The van der Waals surface area contributed by atoms with Gasteiger partial charge in [-0.25, -0.2) is 0 Å². The number of ether oxygens (including phenoxy) is 1. The number of nitrogens with zero attached hydrogens (tertiary/aromatic N) is 1. The molecule has 2 fully saturated rings. The van der Waals surface area contributed by atoms with Crippen molar-refractivity contribution in [3.05, 3.63) is 0 Å². The van der Waals surface area contributed by atoms with Gasteiger partial charge in [0, 0.05) is 12.1 Å². The molecule has 2 aliphatic heterocycles. The molecule has 0 spiro atoms. The van der Waals surface area contributed by atoms with Gasteiger partial charge in [0.2, 0.25) is 0 Å². The fraction of sp³-hybridized carbons (Fsp3) is 1.00. The van der Waals surface area contributed by atoms with E-state index in [0.29, 0.717) is 6.42 Å². The van der Waals surface area contributed by atoms with Gasteiger partial charge >= 0.3 is 57.7 Å². The topological polar surface area (TPSA) is 35.5 Å². The van der Waals surface area contributed by atoms with Crippen LogP contribution in [0, 0.1) is 0 Å². The summed E-state index contributed by atoms with van der Waals surface area (Å²) in [6.07, 6.45) is -3.63. The minimum Gasteiger partial charge on any atom is -0.853 e. The van der Waals surface area contributed by atoms with Crippen molar-refractivity contribution < 1.29 is 74.4 Å². The molecule has 2 aliphatic rings. The van der Waals surface area contributed by atoms with Gasteiger partial charge in [0.15, 0.2) is 0 Å². The first-order chi connectivity index (χ1) is 6.95. The average molecular weight is 263 g/mol. The van der Waals surface area contributed by atoms with Crippen LogP contribution in [-0.4, -0.2) is 42.6 Å². The summed E-state index contributed by atoms with van der Waals surface area (Å²) in [5, 5.41) is 11.1. The maximum absolute atomic E-state index is 12.0. The number of hydrogen-bond donors (Lipinski definition) is 0. The van der Waals surface area contributed by atoms with Gasteiger partial charge < -0.3 is 5.11 Å². The van der Waals surface area contributed by atoms with E-state index in [0.717, 1.165) is 13.0 Å². The monoisotopic (exact) mass is 263 g/mol. The molecule has 0 saturated carbocycles. The Hall–Kier alpha value is 1.31. The fourth-order valence-corrected chi connectivity index (χ4v) is 2.73. The molecule has 2 atom stereocenters. The zero-order chi connectivity index (χ0) is 11.1. The van der Waals surface area contributed by atoms with E-state index in [1.54, 1.807) is 0 Å². The maximum atomic E-state index is 12.0. The summed E-state index contributed by atoms with van der Waals surface area (Å²) in [7, 11) is 0. The van der Waals surface area contributed by atoms with Crippen molar-refractivity contribution in [3.8, 4) is 0 Å². The van der Waals surface area contributed by atoms with Crippen molar-refractivity contribution in [2.24, 2.45) is 0 Å². The predicted molar refractivity (Wildman–Crippen MR) is 44.0 cm³/mol. The number of rotatable bonds is 2. The molecule has 16 heavy (non-hydrogen) atoms. The second-order valence-corrected chi connectivity index (χ2v) is 4.31. The SMILES string of the molecule is [K+].[O-]CC12CCCN1CC(OC(F)(F)F)C2. The maximum Gasteiger partial charge on any atom is 1.00 e. The Morgan fingerprint density at radius 2 is 2.12 bits per heavy atom. The Balaban J connectivity index is 0.00000128. The molecule has 0 aromatic heterocycles. The van der Waals surface area contributed by atoms with Gasteiger partial charge in [-0.05, 0) is 25.8 Å². The first-order valence-corrected chi connectivity index (χ1v) is 5.03. The van der Waals surface area contributed by atoms with E-state index in [-0.39, 0.29) is 71.0 Å². The number of alkyl halides is 3. The largest absolute Gasteiger partial charge is 1.00 e. The Bertz CT molecular complexity index is 251. The van der Waals surface area contributed by atoms with Crippen LogP contribution in [-0.2, 0) is 4.74 Å². The average Bonchev–Trinajstić information content (AvgIpc) is 2.57. The Labute approximate surface area is 135 Å². The molecule has 2 unspecified atom stereocenters. The summed E-state index contributed by atoms with van der Waals surface area (Å²) in [6, 6.07) is 0. The number of halogens is 3. The standard InChI is InChI=1S/C9H13F3NO2.K/c10-9(11,12)15-7-4-8(6-14)2-1-3-13(8)5-7;/h7H,1-6H2;/q-1;+1. The Kier molecular flexibility index (Phi) is 5.30. The van der Waals surface area contributed by atoms with Gasteiger partial charge in [0.25, 0.3) is 0 Å². The first-order valence-electron chi connectivity index (χ1n) is 5.03. The third-order valence-corrected chi connectivity index (χ3v) is 3.34. The summed E-state index contributed by atoms with van der Waals surface area (Å²) in [6.45, 7) is 0.631. The molecule has 0 aliphatic carbocycles. The van der Waals surface area contributed by atoms with E-state index in [2.05, 4.69) is 4.74 Å². The molecule has 2 saturated heterocycles. The van der Waals surface area contributed by atoms with Crippen molar-refractivity contribution in [2.45, 2.75) is 37.3 Å². The number of hydrogen-bond acceptors (Lipinski definition) is 3. The molecule has 0 aromatic rings. The van der Waals surface area contributed by atoms with E-state index >= 15 is 0 Å². The predicted octanol–water partition coefficient (Wildman–Crippen LogP) is -2.51. The molecular formula is C9H13F3KNO2. The molecule has 3 nitrogen and oxygen atoms in total. The quantitative estimate of drug-likeness (QED) is 0.517. The minimum atomic E-state index is -4.59. The molecule has 0 amide bonds. The molecular weight excluding hydrogens is 250 g/mol. The van der Waals surface area contributed by atoms with E-state index in [1.165, 1.54) is 0 Å². The Morgan fingerprint density at radius 1 is 1.44 bits per heavy atom. The van der Waals surface area contributed by atoms with Crippen LogP contribution >= 0.6 is 0 Å². The van der Waals surface area contributed by atoms with Crippen molar-refractivity contribution in [3.63, 3.8) is 0 Å². The van der Waals surface area contributed by atoms with Gasteiger partial charge in [0.1, 0.15) is 0 Å². The number of fused-ring (bicyclic) bond motifs is 1. The molecule has 2 rings (SSSR count). The first kappa shape index (κ1) is 15.4. The van der Waals surface area contributed by atoms with Gasteiger partial charge in [-0.15, -0.1) is 19.8 Å². The van der Waals surface area contributed by atoms with Crippen molar-refractivity contribution in [1.29, 1.82) is 0 Å². The van der Waals surface area contributed by atoms with Crippen LogP contribution in [0.5, 0.6) is 0 Å². The summed E-state index contributed by atoms with van der Waals surface area (Å²) < 4.78 is 40.0. The van der Waals surface area contributed by atoms with Crippen LogP contribution in [0.1, 0.15) is 19.3 Å². The summed E-state index contributed by atoms with van der Waals surface area (Å²) in [5.41, 5.74) is -0.560. The van der Waals surface area contributed by atoms with Crippen molar-refractivity contribution in [1.82, 2.24) is 4.90 Å². The van der Waals surface area contributed by atoms with E-state index in [1.807, 2.05) is 4.90 Å². The molecule has 0 radical (unpaired) electrons. The summed E-state index contributed by atoms with van der Waals surface area (Å²) >= 11 is 0. The van der Waals surface area contributed by atoms with Gasteiger partial charge in [-0.2, -0.15) is 0 Å². The van der Waals surface area contributed by atoms with E-state index in [4.69, 9.17) is 0 Å².